The zero-order valence-electron chi connectivity index (χ0n) is 28.2. The predicted molar refractivity (Wildman–Crippen MR) is 174 cm³/mol. The zero-order chi connectivity index (χ0) is 34.8. The van der Waals surface area contributed by atoms with E-state index in [1.807, 2.05) is 4.57 Å². The van der Waals surface area contributed by atoms with Crippen LogP contribution in [0.25, 0.3) is 11.2 Å². The standard InChI is InChI=1S/C32H46N5O9P/c1-22(38)24-16-23(17-47(41,45-20-43-29(39)31(2,3)4)46-21-44-30(40)32(5,6)7)12-13-25(24)42-15-11-9-8-10-14-37-19-36-26-27(33)34-18-35-28(26)37/h12-13,16,18-19H,8-11,14-15,17,20-21H2,1-7H3,(H2,33,34,35). The molecule has 2 N–H and O–H groups in total. The second-order valence-electron chi connectivity index (χ2n) is 13.1. The molecule has 2 heterocycles. The largest absolute Gasteiger partial charge is 0.493 e. The Bertz CT molecular complexity index is 1560. The molecule has 3 aromatic rings. The van der Waals surface area contributed by atoms with Gasteiger partial charge in [0.1, 0.15) is 17.6 Å². The highest BCUT2D eigenvalue weighted by molar-refractivity contribution is 7.53. The van der Waals surface area contributed by atoms with Crippen molar-refractivity contribution in [1.82, 2.24) is 19.5 Å². The van der Waals surface area contributed by atoms with E-state index in [4.69, 9.17) is 29.0 Å². The highest BCUT2D eigenvalue weighted by Gasteiger charge is 2.31. The van der Waals surface area contributed by atoms with Gasteiger partial charge >= 0.3 is 19.5 Å². The van der Waals surface area contributed by atoms with Crippen LogP contribution < -0.4 is 10.5 Å². The number of ether oxygens (including phenoxy) is 3. The molecule has 14 nitrogen and oxygen atoms in total. The number of anilines is 1. The van der Waals surface area contributed by atoms with Gasteiger partial charge in [-0.15, -0.1) is 0 Å². The molecule has 1 aromatic carbocycles. The maximum Gasteiger partial charge on any atom is 0.340 e. The Labute approximate surface area is 275 Å². The minimum absolute atomic E-state index is 0.242. The van der Waals surface area contributed by atoms with Crippen molar-refractivity contribution in [3.05, 3.63) is 42.0 Å². The van der Waals surface area contributed by atoms with E-state index in [1.54, 1.807) is 66.1 Å². The lowest BCUT2D eigenvalue weighted by Gasteiger charge is -2.22. The molecule has 258 valence electrons. The van der Waals surface area contributed by atoms with Crippen LogP contribution in [0.4, 0.5) is 5.82 Å². The summed E-state index contributed by atoms with van der Waals surface area (Å²) >= 11 is 0. The molecule has 0 aliphatic rings. The molecule has 0 amide bonds. The molecule has 0 radical (unpaired) electrons. The number of unbranched alkanes of at least 4 members (excludes halogenated alkanes) is 3. The van der Waals surface area contributed by atoms with Gasteiger partial charge in [0.25, 0.3) is 0 Å². The van der Waals surface area contributed by atoms with Crippen molar-refractivity contribution >= 4 is 42.3 Å². The van der Waals surface area contributed by atoms with Gasteiger partial charge in [-0.2, -0.15) is 0 Å². The zero-order valence-corrected chi connectivity index (χ0v) is 29.1. The van der Waals surface area contributed by atoms with E-state index in [0.29, 0.717) is 40.5 Å². The summed E-state index contributed by atoms with van der Waals surface area (Å²) in [5.41, 5.74) is 6.32. The number of fused-ring (bicyclic) bond motifs is 1. The Hall–Kier alpha value is -3.87. The first kappa shape index (κ1) is 37.6. The van der Waals surface area contributed by atoms with Crippen molar-refractivity contribution in [2.45, 2.75) is 86.9 Å². The van der Waals surface area contributed by atoms with Gasteiger partial charge in [0, 0.05) is 6.54 Å². The average Bonchev–Trinajstić information content (AvgIpc) is 3.40. The Morgan fingerprint density at radius 1 is 0.872 bits per heavy atom. The second kappa shape index (κ2) is 16.3. The van der Waals surface area contributed by atoms with Crippen LogP contribution >= 0.6 is 7.60 Å². The number of imidazole rings is 1. The summed E-state index contributed by atoms with van der Waals surface area (Å²) in [6.45, 7) is 11.3. The fourth-order valence-electron chi connectivity index (χ4n) is 4.16. The molecule has 0 fully saturated rings. The van der Waals surface area contributed by atoms with Crippen LogP contribution in [0, 0.1) is 10.8 Å². The number of ketones is 1. The van der Waals surface area contributed by atoms with Gasteiger partial charge in [-0.1, -0.05) is 18.9 Å². The van der Waals surface area contributed by atoms with Crippen molar-refractivity contribution in [2.75, 3.05) is 25.9 Å². The van der Waals surface area contributed by atoms with Gasteiger partial charge < -0.3 is 24.5 Å². The number of nitrogen functional groups attached to an aromatic ring is 1. The quantitative estimate of drug-likeness (QED) is 0.0572. The number of carbonyl (C=O) groups excluding carboxylic acids is 3. The highest BCUT2D eigenvalue weighted by Crippen LogP contribution is 2.52. The first-order chi connectivity index (χ1) is 22.0. The van der Waals surface area contributed by atoms with Crippen LogP contribution in [0.3, 0.4) is 0 Å². The summed E-state index contributed by atoms with van der Waals surface area (Å²) in [6, 6.07) is 4.84. The first-order valence-electron chi connectivity index (χ1n) is 15.4. The van der Waals surface area contributed by atoms with Gasteiger partial charge in [0.2, 0.25) is 13.6 Å². The van der Waals surface area contributed by atoms with Crippen molar-refractivity contribution in [1.29, 1.82) is 0 Å². The molecule has 0 saturated carbocycles. The number of rotatable bonds is 17. The molecule has 47 heavy (non-hydrogen) atoms. The fraction of sp³-hybridized carbons (Fsp3) is 0.562. The monoisotopic (exact) mass is 675 g/mol. The van der Waals surface area contributed by atoms with Crippen LogP contribution in [0.5, 0.6) is 5.75 Å². The fourth-order valence-corrected chi connectivity index (χ4v) is 5.49. The van der Waals surface area contributed by atoms with Crippen LogP contribution in [0.15, 0.2) is 30.9 Å². The maximum absolute atomic E-state index is 13.7. The second-order valence-corrected chi connectivity index (χ2v) is 15.2. The predicted octanol–water partition coefficient (Wildman–Crippen LogP) is 6.07. The van der Waals surface area contributed by atoms with E-state index in [1.165, 1.54) is 13.3 Å². The molecule has 0 unspecified atom stereocenters. The van der Waals surface area contributed by atoms with Gasteiger partial charge in [0.15, 0.2) is 17.2 Å². The molecule has 15 heteroatoms. The summed E-state index contributed by atoms with van der Waals surface area (Å²) < 4.78 is 42.7. The van der Waals surface area contributed by atoms with Crippen molar-refractivity contribution < 1.29 is 42.2 Å². The summed E-state index contributed by atoms with van der Waals surface area (Å²) in [6.07, 6.45) is 6.41. The van der Waals surface area contributed by atoms with Gasteiger partial charge in [0.05, 0.1) is 35.5 Å². The third-order valence-electron chi connectivity index (χ3n) is 6.88. The third-order valence-corrected chi connectivity index (χ3v) is 8.63. The number of aryl methyl sites for hydroxylation is 1. The molecule has 0 atom stereocenters. The third kappa shape index (κ3) is 11.4. The van der Waals surface area contributed by atoms with E-state index < -0.39 is 44.0 Å². The summed E-state index contributed by atoms with van der Waals surface area (Å²) in [7, 11) is -4.02. The normalized spacial score (nSPS) is 12.2. The molecule has 0 aliphatic heterocycles. The maximum atomic E-state index is 13.7. The Kier molecular flexibility index (Phi) is 13.0. The van der Waals surface area contributed by atoms with Crippen LogP contribution in [0.1, 0.15) is 90.1 Å². The molecule has 2 aromatic heterocycles. The first-order valence-corrected chi connectivity index (χ1v) is 17.1. The number of hydrogen-bond donors (Lipinski definition) is 1. The van der Waals surface area contributed by atoms with Crippen LogP contribution in [-0.2, 0) is 45.4 Å². The Morgan fingerprint density at radius 3 is 2.09 bits per heavy atom. The lowest BCUT2D eigenvalue weighted by Crippen LogP contribution is -2.25. The van der Waals surface area contributed by atoms with Crippen LogP contribution in [-0.4, -0.2) is 57.4 Å². The average molecular weight is 676 g/mol. The molecule has 0 saturated heterocycles. The van der Waals surface area contributed by atoms with Gasteiger partial charge in [-0.3, -0.25) is 28.0 Å². The topological polar surface area (TPSA) is 184 Å². The minimum Gasteiger partial charge on any atom is -0.493 e. The SMILES string of the molecule is CC(=O)c1cc(CP(=O)(OCOC(=O)C(C)(C)C)OCOC(=O)C(C)(C)C)ccc1OCCCCCCn1cnc2c(N)ncnc21. The van der Waals surface area contributed by atoms with Crippen LogP contribution in [0.2, 0.25) is 0 Å². The molecular formula is C32H46N5O9P. The summed E-state index contributed by atoms with van der Waals surface area (Å²) in [4.78, 5) is 49.4. The van der Waals surface area contributed by atoms with Gasteiger partial charge in [-0.25, -0.2) is 15.0 Å². The van der Waals surface area contributed by atoms with Crippen molar-refractivity contribution in [3.63, 3.8) is 0 Å². The van der Waals surface area contributed by atoms with E-state index >= 15 is 0 Å². The number of aromatic nitrogens is 4. The van der Waals surface area contributed by atoms with Crippen molar-refractivity contribution in [2.24, 2.45) is 10.8 Å². The van der Waals surface area contributed by atoms with E-state index in [9.17, 15) is 18.9 Å². The Morgan fingerprint density at radius 2 is 1.49 bits per heavy atom. The molecule has 0 bridgehead atoms. The number of nitrogens with zero attached hydrogens (tertiary/aromatic N) is 4. The molecule has 0 spiro atoms. The molecule has 3 rings (SSSR count). The van der Waals surface area contributed by atoms with E-state index in [0.717, 1.165) is 32.2 Å². The number of carbonyl (C=O) groups is 3. The van der Waals surface area contributed by atoms with Gasteiger partial charge in [-0.05, 0) is 79.0 Å². The molecular weight excluding hydrogens is 629 g/mol. The lowest BCUT2D eigenvalue weighted by molar-refractivity contribution is -0.162. The lowest BCUT2D eigenvalue weighted by atomic mass is 9.98. The summed E-state index contributed by atoms with van der Waals surface area (Å²) in [5, 5.41) is 0. The number of Topliss-reactive ketones (excluding diaryl/α,β-unsaturated/α-hetero) is 1. The Balaban J connectivity index is 1.56. The number of esters is 2. The smallest absolute Gasteiger partial charge is 0.340 e. The summed E-state index contributed by atoms with van der Waals surface area (Å²) in [5.74, 6) is -0.600. The number of benzene rings is 1. The molecule has 0 aliphatic carbocycles. The van der Waals surface area contributed by atoms with E-state index in [-0.39, 0.29) is 11.9 Å². The number of nitrogens with two attached hydrogens (primary N) is 1. The van der Waals surface area contributed by atoms with E-state index in [2.05, 4.69) is 15.0 Å². The van der Waals surface area contributed by atoms with Crippen molar-refractivity contribution in [3.8, 4) is 5.75 Å². The highest BCUT2D eigenvalue weighted by atomic mass is 31.2. The minimum atomic E-state index is -4.02. The number of hydrogen-bond acceptors (Lipinski definition) is 13.